The zero-order chi connectivity index (χ0) is 9.84. The summed E-state index contributed by atoms with van der Waals surface area (Å²) < 4.78 is 4.95. The predicted octanol–water partition coefficient (Wildman–Crippen LogP) is 2.36. The quantitative estimate of drug-likeness (QED) is 0.542. The first-order chi connectivity index (χ1) is 6.09. The topological polar surface area (TPSA) is 39.2 Å². The Morgan fingerprint density at radius 2 is 2.31 bits per heavy atom. The molecule has 70 valence electrons. The van der Waals surface area contributed by atoms with E-state index in [1.807, 2.05) is 0 Å². The van der Waals surface area contributed by atoms with Gasteiger partial charge in [-0.2, -0.15) is 0 Å². The molecule has 13 heavy (non-hydrogen) atoms. The summed E-state index contributed by atoms with van der Waals surface area (Å²) in [5.41, 5.74) is 0.833. The van der Waals surface area contributed by atoms with Gasteiger partial charge in [-0.25, -0.2) is 4.98 Å². The molecular formula is C9H10ClNO2. The van der Waals surface area contributed by atoms with Crippen molar-refractivity contribution in [2.24, 2.45) is 0 Å². The number of hydrogen-bond donors (Lipinski definition) is 0. The fraction of sp³-hybridized carbons (Fsp3) is 0.333. The first-order valence-corrected chi connectivity index (χ1v) is 4.26. The Kier molecular flexibility index (Phi) is 3.25. The van der Waals surface area contributed by atoms with Gasteiger partial charge in [0.15, 0.2) is 0 Å². The first kappa shape index (κ1) is 9.99. The van der Waals surface area contributed by atoms with Crippen LogP contribution in [0.4, 0.5) is 0 Å². The van der Waals surface area contributed by atoms with Gasteiger partial charge in [-0.1, -0.05) is 17.7 Å². The van der Waals surface area contributed by atoms with Gasteiger partial charge in [0.05, 0.1) is 0 Å². The van der Waals surface area contributed by atoms with Gasteiger partial charge < -0.3 is 4.74 Å². The standard InChI is InChI=1S/C9H10ClNO2/c1-6(13-7(2)12)8-3-4-9(10)11-5-8/h3-6H,1-2H3/t6-/m1/s1. The van der Waals surface area contributed by atoms with Crippen molar-refractivity contribution in [2.45, 2.75) is 20.0 Å². The van der Waals surface area contributed by atoms with Crippen LogP contribution in [0.2, 0.25) is 5.15 Å². The lowest BCUT2D eigenvalue weighted by atomic mass is 10.2. The highest BCUT2D eigenvalue weighted by molar-refractivity contribution is 6.29. The van der Waals surface area contributed by atoms with Gasteiger partial charge in [0.1, 0.15) is 11.3 Å². The maximum Gasteiger partial charge on any atom is 0.303 e. The number of carbonyl (C=O) groups excluding carboxylic acids is 1. The lowest BCUT2D eigenvalue weighted by Gasteiger charge is -2.10. The van der Waals surface area contributed by atoms with Crippen molar-refractivity contribution in [3.05, 3.63) is 29.0 Å². The Bertz CT molecular complexity index is 297. The molecule has 0 saturated heterocycles. The monoisotopic (exact) mass is 199 g/mol. The molecule has 3 nitrogen and oxygen atoms in total. The minimum Gasteiger partial charge on any atom is -0.458 e. The maximum absolute atomic E-state index is 10.6. The van der Waals surface area contributed by atoms with E-state index in [1.165, 1.54) is 6.92 Å². The van der Waals surface area contributed by atoms with Gasteiger partial charge in [-0.05, 0) is 13.0 Å². The summed E-state index contributed by atoms with van der Waals surface area (Å²) in [4.78, 5) is 14.5. The number of nitrogens with zero attached hydrogens (tertiary/aromatic N) is 1. The molecule has 0 fully saturated rings. The second kappa shape index (κ2) is 4.23. The van der Waals surface area contributed by atoms with Gasteiger partial charge >= 0.3 is 5.97 Å². The fourth-order valence-electron chi connectivity index (χ4n) is 0.945. The Balaban J connectivity index is 2.71. The molecule has 0 aromatic carbocycles. The van der Waals surface area contributed by atoms with Crippen molar-refractivity contribution < 1.29 is 9.53 Å². The van der Waals surface area contributed by atoms with Crippen LogP contribution in [-0.4, -0.2) is 11.0 Å². The number of halogens is 1. The second-order valence-corrected chi connectivity index (χ2v) is 3.05. The summed E-state index contributed by atoms with van der Waals surface area (Å²) >= 11 is 5.60. The van der Waals surface area contributed by atoms with Crippen molar-refractivity contribution in [3.63, 3.8) is 0 Å². The maximum atomic E-state index is 10.6. The lowest BCUT2D eigenvalue weighted by Crippen LogP contribution is -2.04. The van der Waals surface area contributed by atoms with Crippen LogP contribution in [0.1, 0.15) is 25.5 Å². The van der Waals surface area contributed by atoms with Gasteiger partial charge in [0, 0.05) is 18.7 Å². The van der Waals surface area contributed by atoms with Crippen LogP contribution in [0.5, 0.6) is 0 Å². The number of aromatic nitrogens is 1. The number of ether oxygens (including phenoxy) is 1. The van der Waals surface area contributed by atoms with E-state index >= 15 is 0 Å². The van der Waals surface area contributed by atoms with E-state index in [-0.39, 0.29) is 12.1 Å². The summed E-state index contributed by atoms with van der Waals surface area (Å²) in [6.07, 6.45) is 1.32. The van der Waals surface area contributed by atoms with E-state index in [4.69, 9.17) is 16.3 Å². The summed E-state index contributed by atoms with van der Waals surface area (Å²) in [7, 11) is 0. The molecular weight excluding hydrogens is 190 g/mol. The van der Waals surface area contributed by atoms with E-state index < -0.39 is 0 Å². The molecule has 4 heteroatoms. The van der Waals surface area contributed by atoms with E-state index in [0.29, 0.717) is 5.15 Å². The lowest BCUT2D eigenvalue weighted by molar-refractivity contribution is -0.145. The fourth-order valence-corrected chi connectivity index (χ4v) is 1.06. The van der Waals surface area contributed by atoms with E-state index in [1.54, 1.807) is 25.3 Å². The van der Waals surface area contributed by atoms with Crippen LogP contribution in [-0.2, 0) is 9.53 Å². The Morgan fingerprint density at radius 1 is 1.62 bits per heavy atom. The van der Waals surface area contributed by atoms with Crippen LogP contribution in [0.3, 0.4) is 0 Å². The second-order valence-electron chi connectivity index (χ2n) is 2.67. The molecule has 0 aliphatic carbocycles. The molecule has 0 saturated carbocycles. The van der Waals surface area contributed by atoms with Crippen molar-refractivity contribution in [2.75, 3.05) is 0 Å². The average molecular weight is 200 g/mol. The molecule has 1 aromatic heterocycles. The van der Waals surface area contributed by atoms with Crippen LogP contribution in [0, 0.1) is 0 Å². The zero-order valence-electron chi connectivity index (χ0n) is 7.45. The molecule has 1 atom stereocenters. The van der Waals surface area contributed by atoms with Crippen LogP contribution in [0.25, 0.3) is 0 Å². The smallest absolute Gasteiger partial charge is 0.303 e. The van der Waals surface area contributed by atoms with E-state index in [9.17, 15) is 4.79 Å². The molecule has 1 aromatic rings. The number of rotatable bonds is 2. The number of esters is 1. The summed E-state index contributed by atoms with van der Waals surface area (Å²) in [5, 5.41) is 0.429. The third-order valence-electron chi connectivity index (χ3n) is 1.56. The first-order valence-electron chi connectivity index (χ1n) is 3.88. The molecule has 0 aliphatic heterocycles. The van der Waals surface area contributed by atoms with Crippen LogP contribution in [0.15, 0.2) is 18.3 Å². The highest BCUT2D eigenvalue weighted by Gasteiger charge is 2.07. The van der Waals surface area contributed by atoms with Gasteiger partial charge in [-0.3, -0.25) is 4.79 Å². The SMILES string of the molecule is CC(=O)O[C@H](C)c1ccc(Cl)nc1. The number of carbonyl (C=O) groups is 1. The molecule has 0 bridgehead atoms. The van der Waals surface area contributed by atoms with Crippen molar-refractivity contribution >= 4 is 17.6 Å². The highest BCUT2D eigenvalue weighted by Crippen LogP contribution is 2.16. The minimum absolute atomic E-state index is 0.276. The molecule has 0 amide bonds. The van der Waals surface area contributed by atoms with Gasteiger partial charge in [-0.15, -0.1) is 0 Å². The van der Waals surface area contributed by atoms with Crippen LogP contribution >= 0.6 is 11.6 Å². The minimum atomic E-state index is -0.303. The number of hydrogen-bond acceptors (Lipinski definition) is 3. The number of pyridine rings is 1. The molecule has 0 radical (unpaired) electrons. The van der Waals surface area contributed by atoms with Crippen molar-refractivity contribution in [1.82, 2.24) is 4.98 Å². The Hall–Kier alpha value is -1.09. The highest BCUT2D eigenvalue weighted by atomic mass is 35.5. The van der Waals surface area contributed by atoms with Crippen LogP contribution < -0.4 is 0 Å². The molecule has 0 spiro atoms. The molecule has 1 rings (SSSR count). The third-order valence-corrected chi connectivity index (χ3v) is 1.79. The predicted molar refractivity (Wildman–Crippen MR) is 49.4 cm³/mol. The Morgan fingerprint density at radius 3 is 2.77 bits per heavy atom. The third kappa shape index (κ3) is 3.03. The molecule has 0 N–H and O–H groups in total. The summed E-state index contributed by atoms with van der Waals surface area (Å²) in [5.74, 6) is -0.303. The zero-order valence-corrected chi connectivity index (χ0v) is 8.21. The summed E-state index contributed by atoms with van der Waals surface area (Å²) in [6.45, 7) is 3.16. The Labute approximate surface area is 81.7 Å². The normalized spacial score (nSPS) is 12.2. The summed E-state index contributed by atoms with van der Waals surface area (Å²) in [6, 6.07) is 3.44. The van der Waals surface area contributed by atoms with Crippen molar-refractivity contribution in [1.29, 1.82) is 0 Å². The molecule has 1 heterocycles. The average Bonchev–Trinajstić information content (AvgIpc) is 2.04. The van der Waals surface area contributed by atoms with E-state index in [0.717, 1.165) is 5.56 Å². The van der Waals surface area contributed by atoms with E-state index in [2.05, 4.69) is 4.98 Å². The molecule has 0 aliphatic rings. The largest absolute Gasteiger partial charge is 0.458 e. The van der Waals surface area contributed by atoms with Gasteiger partial charge in [0.25, 0.3) is 0 Å². The van der Waals surface area contributed by atoms with Crippen molar-refractivity contribution in [3.8, 4) is 0 Å². The van der Waals surface area contributed by atoms with Gasteiger partial charge in [0.2, 0.25) is 0 Å². The molecule has 0 unspecified atom stereocenters.